The first kappa shape index (κ1) is 36.6. The van der Waals surface area contributed by atoms with Crippen molar-refractivity contribution >= 4 is 17.1 Å². The molecule has 1 aliphatic carbocycles. The summed E-state index contributed by atoms with van der Waals surface area (Å²) in [5.74, 6) is 1.78. The van der Waals surface area contributed by atoms with E-state index < -0.39 is 5.41 Å². The number of anilines is 3. The maximum Gasteiger partial charge on any atom is 0.132 e. The first-order valence-electron chi connectivity index (χ1n) is 21.7. The van der Waals surface area contributed by atoms with Gasteiger partial charge in [-0.25, -0.2) is 0 Å². The molecule has 12 rings (SSSR count). The zero-order valence-corrected chi connectivity index (χ0v) is 34.5. The van der Waals surface area contributed by atoms with Crippen molar-refractivity contribution in [2.45, 2.75) is 5.41 Å². The van der Waals surface area contributed by atoms with Gasteiger partial charge in [0.15, 0.2) is 0 Å². The Bertz CT molecular complexity index is 3250. The van der Waals surface area contributed by atoms with Gasteiger partial charge in [0.2, 0.25) is 0 Å². The predicted octanol–water partition coefficient (Wildman–Crippen LogP) is 16.3. The van der Waals surface area contributed by atoms with E-state index in [-0.39, 0.29) is 0 Å². The Balaban J connectivity index is 0.977. The molecule has 2 aliphatic rings. The van der Waals surface area contributed by atoms with Gasteiger partial charge in [-0.2, -0.15) is 0 Å². The molecule has 0 aromatic heterocycles. The number of fused-ring (bicyclic) bond motifs is 9. The van der Waals surface area contributed by atoms with E-state index in [2.05, 4.69) is 254 Å². The van der Waals surface area contributed by atoms with Crippen molar-refractivity contribution in [2.24, 2.45) is 0 Å². The molecule has 63 heavy (non-hydrogen) atoms. The van der Waals surface area contributed by atoms with Crippen LogP contribution in [0.15, 0.2) is 249 Å². The minimum absolute atomic E-state index is 0.529. The maximum atomic E-state index is 6.77. The normalized spacial score (nSPS) is 12.7. The van der Waals surface area contributed by atoms with E-state index in [4.69, 9.17) is 4.74 Å². The molecule has 0 fully saturated rings. The highest BCUT2D eigenvalue weighted by atomic mass is 16.5. The molecule has 0 radical (unpaired) electrons. The van der Waals surface area contributed by atoms with Crippen molar-refractivity contribution in [3.63, 3.8) is 0 Å². The van der Waals surface area contributed by atoms with Crippen molar-refractivity contribution in [3.05, 3.63) is 271 Å². The molecular formula is C61H41NO. The highest BCUT2D eigenvalue weighted by Crippen LogP contribution is 2.62. The molecule has 1 spiro atoms. The average Bonchev–Trinajstić information content (AvgIpc) is 3.65. The zero-order valence-electron chi connectivity index (χ0n) is 34.5. The monoisotopic (exact) mass is 803 g/mol. The molecule has 10 aromatic carbocycles. The molecule has 0 N–H and O–H groups in total. The van der Waals surface area contributed by atoms with E-state index in [0.29, 0.717) is 0 Å². The highest BCUT2D eigenvalue weighted by Gasteiger charge is 2.51. The second kappa shape index (κ2) is 15.1. The van der Waals surface area contributed by atoms with Crippen LogP contribution in [0.1, 0.15) is 22.3 Å². The molecule has 0 unspecified atom stereocenters. The van der Waals surface area contributed by atoms with Gasteiger partial charge < -0.3 is 9.64 Å². The van der Waals surface area contributed by atoms with Gasteiger partial charge in [0, 0.05) is 28.2 Å². The number of ether oxygens (including phenoxy) is 1. The summed E-state index contributed by atoms with van der Waals surface area (Å²) >= 11 is 0. The second-order valence-electron chi connectivity index (χ2n) is 16.4. The smallest absolute Gasteiger partial charge is 0.132 e. The molecule has 0 amide bonds. The molecule has 0 bridgehead atoms. The van der Waals surface area contributed by atoms with Crippen LogP contribution in [0.3, 0.4) is 0 Å². The highest BCUT2D eigenvalue weighted by molar-refractivity contribution is 5.90. The molecule has 1 aliphatic heterocycles. The summed E-state index contributed by atoms with van der Waals surface area (Å²) in [6.07, 6.45) is 0. The second-order valence-corrected chi connectivity index (χ2v) is 16.4. The zero-order chi connectivity index (χ0) is 41.7. The average molecular weight is 804 g/mol. The van der Waals surface area contributed by atoms with Gasteiger partial charge in [0.1, 0.15) is 11.5 Å². The number of benzene rings is 10. The third-order valence-corrected chi connectivity index (χ3v) is 12.9. The molecule has 1 heterocycles. The maximum absolute atomic E-state index is 6.77. The van der Waals surface area contributed by atoms with Crippen LogP contribution in [-0.2, 0) is 5.41 Å². The van der Waals surface area contributed by atoms with Crippen LogP contribution in [0.5, 0.6) is 11.5 Å². The lowest BCUT2D eigenvalue weighted by molar-refractivity contribution is 0.436. The number of hydrogen-bond donors (Lipinski definition) is 0. The van der Waals surface area contributed by atoms with E-state index in [9.17, 15) is 0 Å². The fourth-order valence-electron chi connectivity index (χ4n) is 10.1. The summed E-state index contributed by atoms with van der Waals surface area (Å²) in [5.41, 5.74) is 19.5. The predicted molar refractivity (Wildman–Crippen MR) is 260 cm³/mol. The molecule has 0 saturated carbocycles. The summed E-state index contributed by atoms with van der Waals surface area (Å²) in [7, 11) is 0. The number of hydrogen-bond acceptors (Lipinski definition) is 2. The summed E-state index contributed by atoms with van der Waals surface area (Å²) in [5, 5.41) is 0. The van der Waals surface area contributed by atoms with Gasteiger partial charge in [-0.15, -0.1) is 0 Å². The van der Waals surface area contributed by atoms with Gasteiger partial charge in [-0.1, -0.05) is 194 Å². The first-order valence-corrected chi connectivity index (χ1v) is 21.7. The van der Waals surface area contributed by atoms with E-state index in [1.54, 1.807) is 0 Å². The van der Waals surface area contributed by atoms with Crippen LogP contribution in [0.25, 0.3) is 55.6 Å². The van der Waals surface area contributed by atoms with Crippen LogP contribution < -0.4 is 9.64 Å². The summed E-state index contributed by atoms with van der Waals surface area (Å²) in [6, 6.07) is 89.9. The minimum Gasteiger partial charge on any atom is -0.457 e. The molecule has 0 atom stereocenters. The largest absolute Gasteiger partial charge is 0.457 e. The quantitative estimate of drug-likeness (QED) is 0.159. The van der Waals surface area contributed by atoms with Gasteiger partial charge in [-0.05, 0) is 121 Å². The van der Waals surface area contributed by atoms with Crippen molar-refractivity contribution in [3.8, 4) is 67.1 Å². The number of para-hydroxylation sites is 1. The molecule has 0 saturated heterocycles. The Morgan fingerprint density at radius 1 is 0.254 bits per heavy atom. The Hall–Kier alpha value is -8.20. The Kier molecular flexibility index (Phi) is 8.76. The van der Waals surface area contributed by atoms with Crippen molar-refractivity contribution in [2.75, 3.05) is 4.90 Å². The SMILES string of the molecule is c1ccc(-c2ccc(-c3ccc(N(c4cccc(-c5ccccc5)c4)c4cccc(-c5ccc6c(c5)C5(c7ccccc7O6)c6ccccc6-c6ccccc65)c4)cc3)cc2)cc1. The molecule has 10 aromatic rings. The standard InChI is InChI=1S/C61H41NO/c1-3-15-42(16-4-1)44-29-31-45(32-30-44)46-33-36-50(37-34-46)62(51-21-13-19-47(39-51)43-17-5-2-6-18-43)52-22-14-20-48(40-52)49-35-38-60-58(41-49)61(57-27-11-12-28-59(57)63-60)55-25-9-7-23-53(55)54-24-8-10-26-56(54)61/h1-41H. The first-order chi connectivity index (χ1) is 31.2. The lowest BCUT2D eigenvalue weighted by Gasteiger charge is -2.39. The van der Waals surface area contributed by atoms with Gasteiger partial charge in [-0.3, -0.25) is 0 Å². The number of rotatable bonds is 7. The topological polar surface area (TPSA) is 12.5 Å². The van der Waals surface area contributed by atoms with Crippen molar-refractivity contribution in [1.82, 2.24) is 0 Å². The van der Waals surface area contributed by atoms with Crippen LogP contribution in [0, 0.1) is 0 Å². The van der Waals surface area contributed by atoms with Gasteiger partial charge in [0.25, 0.3) is 0 Å². The summed E-state index contributed by atoms with van der Waals surface area (Å²) < 4.78 is 6.77. The van der Waals surface area contributed by atoms with Crippen molar-refractivity contribution < 1.29 is 4.74 Å². The summed E-state index contributed by atoms with van der Waals surface area (Å²) in [4.78, 5) is 2.38. The molecule has 2 nitrogen and oxygen atoms in total. The lowest BCUT2D eigenvalue weighted by Crippen LogP contribution is -2.32. The Morgan fingerprint density at radius 2 is 0.651 bits per heavy atom. The van der Waals surface area contributed by atoms with Crippen LogP contribution in [0.4, 0.5) is 17.1 Å². The third-order valence-electron chi connectivity index (χ3n) is 12.9. The van der Waals surface area contributed by atoms with E-state index in [1.165, 1.54) is 61.2 Å². The fraction of sp³-hybridized carbons (Fsp3) is 0.0164. The van der Waals surface area contributed by atoms with Crippen LogP contribution in [0.2, 0.25) is 0 Å². The van der Waals surface area contributed by atoms with E-state index in [1.807, 2.05) is 0 Å². The van der Waals surface area contributed by atoms with E-state index in [0.717, 1.165) is 45.3 Å². The van der Waals surface area contributed by atoms with Crippen LogP contribution in [-0.4, -0.2) is 0 Å². The van der Waals surface area contributed by atoms with Gasteiger partial charge in [0.05, 0.1) is 5.41 Å². The fourth-order valence-corrected chi connectivity index (χ4v) is 10.1. The Labute approximate surface area is 368 Å². The van der Waals surface area contributed by atoms with Crippen molar-refractivity contribution in [1.29, 1.82) is 0 Å². The van der Waals surface area contributed by atoms with E-state index >= 15 is 0 Å². The molecule has 296 valence electrons. The number of nitrogens with zero attached hydrogens (tertiary/aromatic N) is 1. The molecule has 2 heteroatoms. The molecular weight excluding hydrogens is 763 g/mol. The Morgan fingerprint density at radius 3 is 1.24 bits per heavy atom. The minimum atomic E-state index is -0.529. The van der Waals surface area contributed by atoms with Crippen LogP contribution >= 0.6 is 0 Å². The summed E-state index contributed by atoms with van der Waals surface area (Å²) in [6.45, 7) is 0. The van der Waals surface area contributed by atoms with Gasteiger partial charge >= 0.3 is 0 Å². The third kappa shape index (κ3) is 6.10. The lowest BCUT2D eigenvalue weighted by atomic mass is 9.66.